The SMILES string of the molecule is CCC.Clc1ccc2nc(C3CNC3)[nH]c2c1. The van der Waals surface area contributed by atoms with E-state index in [9.17, 15) is 0 Å². The van der Waals surface area contributed by atoms with Crippen molar-refractivity contribution in [1.82, 2.24) is 15.3 Å². The molecule has 0 unspecified atom stereocenters. The molecule has 0 bridgehead atoms. The Morgan fingerprint density at radius 3 is 2.65 bits per heavy atom. The second-order valence-electron chi connectivity index (χ2n) is 4.35. The van der Waals surface area contributed by atoms with Crippen LogP contribution < -0.4 is 5.32 Å². The highest BCUT2D eigenvalue weighted by atomic mass is 35.5. The molecule has 92 valence electrons. The summed E-state index contributed by atoms with van der Waals surface area (Å²) in [6, 6.07) is 5.73. The molecule has 0 spiro atoms. The predicted octanol–water partition coefficient (Wildman–Crippen LogP) is 3.32. The zero-order valence-corrected chi connectivity index (χ0v) is 11.0. The Morgan fingerprint density at radius 1 is 1.35 bits per heavy atom. The van der Waals surface area contributed by atoms with Crippen molar-refractivity contribution in [2.45, 2.75) is 26.2 Å². The lowest BCUT2D eigenvalue weighted by Gasteiger charge is -2.24. The van der Waals surface area contributed by atoms with Crippen LogP contribution in [0.5, 0.6) is 0 Å². The number of aromatic amines is 1. The zero-order valence-electron chi connectivity index (χ0n) is 10.3. The summed E-state index contributed by atoms with van der Waals surface area (Å²) in [4.78, 5) is 7.82. The van der Waals surface area contributed by atoms with Crippen LogP contribution in [0.4, 0.5) is 0 Å². The maximum atomic E-state index is 5.90. The van der Waals surface area contributed by atoms with E-state index in [1.165, 1.54) is 6.42 Å². The molecule has 1 fully saturated rings. The Morgan fingerprint density at radius 2 is 2.06 bits per heavy atom. The number of benzene rings is 1. The molecule has 2 N–H and O–H groups in total. The van der Waals surface area contributed by atoms with Crippen molar-refractivity contribution < 1.29 is 0 Å². The van der Waals surface area contributed by atoms with Gasteiger partial charge in [-0.3, -0.25) is 0 Å². The zero-order chi connectivity index (χ0) is 12.3. The highest BCUT2D eigenvalue weighted by Crippen LogP contribution is 2.22. The van der Waals surface area contributed by atoms with E-state index < -0.39 is 0 Å². The highest BCUT2D eigenvalue weighted by Gasteiger charge is 2.21. The molecule has 2 heterocycles. The number of rotatable bonds is 1. The topological polar surface area (TPSA) is 40.7 Å². The van der Waals surface area contributed by atoms with Gasteiger partial charge in [0.15, 0.2) is 0 Å². The Balaban J connectivity index is 0.000000329. The summed E-state index contributed by atoms with van der Waals surface area (Å²) in [7, 11) is 0. The standard InChI is InChI=1S/C10H10ClN3.C3H8/c11-7-1-2-8-9(3-7)14-10(13-8)6-4-12-5-6;1-3-2/h1-3,6,12H,4-5H2,(H,13,14);3H2,1-2H3. The Kier molecular flexibility index (Phi) is 4.02. The Labute approximate surface area is 107 Å². The molecule has 0 amide bonds. The first kappa shape index (κ1) is 12.4. The summed E-state index contributed by atoms with van der Waals surface area (Å²) in [5.41, 5.74) is 2.02. The molecule has 17 heavy (non-hydrogen) atoms. The van der Waals surface area contributed by atoms with Crippen LogP contribution in [-0.4, -0.2) is 23.1 Å². The maximum Gasteiger partial charge on any atom is 0.112 e. The van der Waals surface area contributed by atoms with Crippen molar-refractivity contribution in [3.8, 4) is 0 Å². The molecule has 0 aliphatic carbocycles. The summed E-state index contributed by atoms with van der Waals surface area (Å²) in [5, 5.41) is 3.98. The smallest absolute Gasteiger partial charge is 0.112 e. The number of H-pyrrole nitrogens is 1. The van der Waals surface area contributed by atoms with Gasteiger partial charge in [0.05, 0.1) is 11.0 Å². The van der Waals surface area contributed by atoms with Crippen LogP contribution >= 0.6 is 11.6 Å². The Hall–Kier alpha value is -1.06. The maximum absolute atomic E-state index is 5.90. The normalized spacial score (nSPS) is 15.2. The first-order valence-corrected chi connectivity index (χ1v) is 6.48. The molecule has 3 nitrogen and oxygen atoms in total. The van der Waals surface area contributed by atoms with Gasteiger partial charge in [-0.1, -0.05) is 31.9 Å². The van der Waals surface area contributed by atoms with Gasteiger partial charge >= 0.3 is 0 Å². The van der Waals surface area contributed by atoms with E-state index >= 15 is 0 Å². The lowest BCUT2D eigenvalue weighted by atomic mass is 10.0. The number of nitrogens with zero attached hydrogens (tertiary/aromatic N) is 1. The van der Waals surface area contributed by atoms with Gasteiger partial charge in [0, 0.05) is 24.0 Å². The minimum atomic E-state index is 0.543. The molecule has 1 aliphatic heterocycles. The molecular formula is C13H18ClN3. The molecule has 1 aromatic heterocycles. The van der Waals surface area contributed by atoms with Gasteiger partial charge < -0.3 is 10.3 Å². The number of halogens is 1. The van der Waals surface area contributed by atoms with Gasteiger partial charge in [-0.25, -0.2) is 4.98 Å². The van der Waals surface area contributed by atoms with Crippen LogP contribution in [0, 0.1) is 0 Å². The summed E-state index contributed by atoms with van der Waals surface area (Å²) < 4.78 is 0. The summed E-state index contributed by atoms with van der Waals surface area (Å²) in [6.07, 6.45) is 1.25. The molecule has 1 aromatic carbocycles. The number of hydrogen-bond donors (Lipinski definition) is 2. The van der Waals surface area contributed by atoms with Crippen molar-refractivity contribution in [3.63, 3.8) is 0 Å². The first-order valence-electron chi connectivity index (χ1n) is 6.10. The average Bonchev–Trinajstić information content (AvgIpc) is 2.58. The van der Waals surface area contributed by atoms with Crippen molar-refractivity contribution in [2.24, 2.45) is 0 Å². The quantitative estimate of drug-likeness (QED) is 0.816. The summed E-state index contributed by atoms with van der Waals surface area (Å²) in [6.45, 7) is 6.29. The third kappa shape index (κ3) is 2.79. The average molecular weight is 252 g/mol. The van der Waals surface area contributed by atoms with E-state index in [-0.39, 0.29) is 0 Å². The fraction of sp³-hybridized carbons (Fsp3) is 0.462. The van der Waals surface area contributed by atoms with Crippen LogP contribution in [0.2, 0.25) is 5.02 Å². The predicted molar refractivity (Wildman–Crippen MR) is 72.7 cm³/mol. The Bertz CT molecular complexity index is 488. The molecule has 1 aliphatic rings. The number of fused-ring (bicyclic) bond motifs is 1. The van der Waals surface area contributed by atoms with Gasteiger partial charge in [0.1, 0.15) is 5.82 Å². The fourth-order valence-corrected chi connectivity index (χ4v) is 1.85. The van der Waals surface area contributed by atoms with Crippen molar-refractivity contribution in [2.75, 3.05) is 13.1 Å². The number of imidazole rings is 1. The highest BCUT2D eigenvalue weighted by molar-refractivity contribution is 6.31. The second-order valence-corrected chi connectivity index (χ2v) is 4.78. The van der Waals surface area contributed by atoms with E-state index in [4.69, 9.17) is 11.6 Å². The molecule has 0 radical (unpaired) electrons. The lowest BCUT2D eigenvalue weighted by molar-refractivity contribution is 0.433. The summed E-state index contributed by atoms with van der Waals surface area (Å²) in [5.74, 6) is 1.61. The lowest BCUT2D eigenvalue weighted by Crippen LogP contribution is -2.40. The fourth-order valence-electron chi connectivity index (χ4n) is 1.68. The second kappa shape index (κ2) is 5.52. The molecular weight excluding hydrogens is 234 g/mol. The third-order valence-corrected chi connectivity index (χ3v) is 2.87. The minimum absolute atomic E-state index is 0.543. The van der Waals surface area contributed by atoms with E-state index in [0.29, 0.717) is 5.92 Å². The summed E-state index contributed by atoms with van der Waals surface area (Å²) >= 11 is 5.90. The number of nitrogens with one attached hydrogen (secondary N) is 2. The monoisotopic (exact) mass is 251 g/mol. The van der Waals surface area contributed by atoms with Gasteiger partial charge in [-0.05, 0) is 18.2 Å². The van der Waals surface area contributed by atoms with Gasteiger partial charge in [0.2, 0.25) is 0 Å². The third-order valence-electron chi connectivity index (χ3n) is 2.63. The van der Waals surface area contributed by atoms with E-state index in [0.717, 1.165) is 35.0 Å². The van der Waals surface area contributed by atoms with Crippen LogP contribution in [-0.2, 0) is 0 Å². The molecule has 0 saturated carbocycles. The minimum Gasteiger partial charge on any atom is -0.342 e. The molecule has 0 atom stereocenters. The number of aromatic nitrogens is 2. The van der Waals surface area contributed by atoms with Crippen molar-refractivity contribution in [3.05, 3.63) is 29.0 Å². The van der Waals surface area contributed by atoms with Crippen LogP contribution in [0.25, 0.3) is 11.0 Å². The van der Waals surface area contributed by atoms with Crippen molar-refractivity contribution >= 4 is 22.6 Å². The van der Waals surface area contributed by atoms with E-state index in [1.54, 1.807) is 0 Å². The van der Waals surface area contributed by atoms with Gasteiger partial charge in [-0.15, -0.1) is 0 Å². The van der Waals surface area contributed by atoms with Crippen LogP contribution in [0.1, 0.15) is 32.0 Å². The number of hydrogen-bond acceptors (Lipinski definition) is 2. The van der Waals surface area contributed by atoms with Gasteiger partial charge in [-0.2, -0.15) is 0 Å². The first-order chi connectivity index (χ1) is 8.24. The molecule has 2 aromatic rings. The van der Waals surface area contributed by atoms with E-state index in [1.807, 2.05) is 18.2 Å². The van der Waals surface area contributed by atoms with Crippen molar-refractivity contribution in [1.29, 1.82) is 0 Å². The van der Waals surface area contributed by atoms with Crippen LogP contribution in [0.3, 0.4) is 0 Å². The van der Waals surface area contributed by atoms with E-state index in [2.05, 4.69) is 29.1 Å². The molecule has 3 rings (SSSR count). The molecule has 4 heteroatoms. The molecule has 1 saturated heterocycles. The largest absolute Gasteiger partial charge is 0.342 e. The van der Waals surface area contributed by atoms with Crippen LogP contribution in [0.15, 0.2) is 18.2 Å². The van der Waals surface area contributed by atoms with Gasteiger partial charge in [0.25, 0.3) is 0 Å².